The van der Waals surface area contributed by atoms with E-state index in [0.29, 0.717) is 0 Å². The first-order chi connectivity index (χ1) is 7.22. The number of ether oxygens (including phenoxy) is 1. The highest BCUT2D eigenvalue weighted by Gasteiger charge is 1.94. The highest BCUT2D eigenvalue weighted by atomic mass is 16.5. The van der Waals surface area contributed by atoms with Crippen LogP contribution in [0.3, 0.4) is 0 Å². The summed E-state index contributed by atoms with van der Waals surface area (Å²) in [7, 11) is 4.14. The van der Waals surface area contributed by atoms with Crippen LogP contribution in [0.2, 0.25) is 0 Å². The predicted octanol–water partition coefficient (Wildman–Crippen LogP) is 2.66. The summed E-state index contributed by atoms with van der Waals surface area (Å²) < 4.78 is 5.59. The van der Waals surface area contributed by atoms with Crippen LogP contribution in [0.1, 0.15) is 12.0 Å². The van der Waals surface area contributed by atoms with Crippen molar-refractivity contribution in [1.29, 1.82) is 0 Å². The summed E-state index contributed by atoms with van der Waals surface area (Å²) in [5, 5.41) is 0. The molecule has 2 heteroatoms. The Bertz CT molecular complexity index is 290. The Labute approximate surface area is 92.2 Å². The minimum atomic E-state index is 0.769. The first kappa shape index (κ1) is 11.8. The van der Waals surface area contributed by atoms with Gasteiger partial charge in [0.25, 0.3) is 0 Å². The van der Waals surface area contributed by atoms with Gasteiger partial charge >= 0.3 is 0 Å². The Balaban J connectivity index is 2.28. The minimum Gasteiger partial charge on any atom is -0.494 e. The fourth-order valence-corrected chi connectivity index (χ4v) is 1.27. The molecule has 0 radical (unpaired) electrons. The van der Waals surface area contributed by atoms with Gasteiger partial charge in [0.1, 0.15) is 5.75 Å². The Hall–Kier alpha value is -1.28. The Morgan fingerprint density at radius 3 is 2.47 bits per heavy atom. The monoisotopic (exact) mass is 205 g/mol. The number of benzene rings is 1. The molecule has 1 aromatic rings. The van der Waals surface area contributed by atoms with Crippen LogP contribution >= 0.6 is 0 Å². The number of nitrogens with zero attached hydrogens (tertiary/aromatic N) is 1. The van der Waals surface area contributed by atoms with E-state index < -0.39 is 0 Å². The molecule has 1 aromatic carbocycles. The SMILES string of the molecule is C=Cc1ccc(OCCCN(C)C)cc1. The second-order valence-corrected chi connectivity index (χ2v) is 3.78. The number of rotatable bonds is 6. The smallest absolute Gasteiger partial charge is 0.119 e. The quantitative estimate of drug-likeness (QED) is 0.662. The average Bonchev–Trinajstić information content (AvgIpc) is 2.25. The lowest BCUT2D eigenvalue weighted by Gasteiger charge is -2.10. The van der Waals surface area contributed by atoms with Crippen molar-refractivity contribution in [3.05, 3.63) is 36.4 Å². The lowest BCUT2D eigenvalue weighted by Crippen LogP contribution is -2.15. The van der Waals surface area contributed by atoms with E-state index in [-0.39, 0.29) is 0 Å². The van der Waals surface area contributed by atoms with Gasteiger partial charge in [0.2, 0.25) is 0 Å². The van der Waals surface area contributed by atoms with Crippen molar-refractivity contribution in [2.75, 3.05) is 27.2 Å². The molecule has 0 heterocycles. The van der Waals surface area contributed by atoms with Gasteiger partial charge in [-0.25, -0.2) is 0 Å². The molecule has 0 spiro atoms. The van der Waals surface area contributed by atoms with Gasteiger partial charge in [-0.05, 0) is 38.2 Å². The zero-order valence-corrected chi connectivity index (χ0v) is 9.57. The molecule has 82 valence electrons. The van der Waals surface area contributed by atoms with Gasteiger partial charge < -0.3 is 9.64 Å². The third-order valence-electron chi connectivity index (χ3n) is 2.13. The van der Waals surface area contributed by atoms with Gasteiger partial charge in [-0.15, -0.1) is 0 Å². The maximum absolute atomic E-state index is 5.59. The lowest BCUT2D eigenvalue weighted by atomic mass is 10.2. The zero-order valence-electron chi connectivity index (χ0n) is 9.57. The fraction of sp³-hybridized carbons (Fsp3) is 0.385. The van der Waals surface area contributed by atoms with Crippen molar-refractivity contribution >= 4 is 6.08 Å². The summed E-state index contributed by atoms with van der Waals surface area (Å²) in [5.41, 5.74) is 1.12. The van der Waals surface area contributed by atoms with Crippen LogP contribution in [0, 0.1) is 0 Å². The van der Waals surface area contributed by atoms with Gasteiger partial charge in [0.15, 0.2) is 0 Å². The van der Waals surface area contributed by atoms with Crippen molar-refractivity contribution in [1.82, 2.24) is 4.90 Å². The molecule has 15 heavy (non-hydrogen) atoms. The van der Waals surface area contributed by atoms with Crippen molar-refractivity contribution in [3.63, 3.8) is 0 Å². The molecule has 0 saturated carbocycles. The normalized spacial score (nSPS) is 10.3. The van der Waals surface area contributed by atoms with Crippen LogP contribution in [0.15, 0.2) is 30.8 Å². The molecule has 0 unspecified atom stereocenters. The fourth-order valence-electron chi connectivity index (χ4n) is 1.27. The van der Waals surface area contributed by atoms with E-state index in [2.05, 4.69) is 25.6 Å². The summed E-state index contributed by atoms with van der Waals surface area (Å²) in [5.74, 6) is 0.930. The molecule has 0 aliphatic heterocycles. The van der Waals surface area contributed by atoms with E-state index in [0.717, 1.165) is 30.9 Å². The molecule has 1 rings (SSSR count). The van der Waals surface area contributed by atoms with E-state index in [1.54, 1.807) is 0 Å². The van der Waals surface area contributed by atoms with Crippen molar-refractivity contribution < 1.29 is 4.74 Å². The Morgan fingerprint density at radius 2 is 1.93 bits per heavy atom. The molecule has 0 aliphatic carbocycles. The maximum atomic E-state index is 5.59. The van der Waals surface area contributed by atoms with Crippen LogP contribution in [0.5, 0.6) is 5.75 Å². The molecule has 0 aromatic heterocycles. The summed E-state index contributed by atoms with van der Waals surface area (Å²) >= 11 is 0. The largest absolute Gasteiger partial charge is 0.494 e. The molecular formula is C13H19NO. The molecule has 0 fully saturated rings. The first-order valence-electron chi connectivity index (χ1n) is 5.22. The van der Waals surface area contributed by atoms with Crippen molar-refractivity contribution in [3.8, 4) is 5.75 Å². The summed E-state index contributed by atoms with van der Waals surface area (Å²) in [6.07, 6.45) is 2.88. The Morgan fingerprint density at radius 1 is 1.27 bits per heavy atom. The third-order valence-corrected chi connectivity index (χ3v) is 2.13. The van der Waals surface area contributed by atoms with Crippen LogP contribution in [-0.2, 0) is 0 Å². The number of hydrogen-bond donors (Lipinski definition) is 0. The molecule has 0 bridgehead atoms. The highest BCUT2D eigenvalue weighted by Crippen LogP contribution is 2.12. The van der Waals surface area contributed by atoms with E-state index in [9.17, 15) is 0 Å². The van der Waals surface area contributed by atoms with E-state index >= 15 is 0 Å². The first-order valence-corrected chi connectivity index (χ1v) is 5.22. The second kappa shape index (κ2) is 6.25. The molecule has 0 N–H and O–H groups in total. The van der Waals surface area contributed by atoms with Gasteiger partial charge in [-0.2, -0.15) is 0 Å². The average molecular weight is 205 g/mol. The van der Waals surface area contributed by atoms with E-state index in [1.165, 1.54) is 0 Å². The molecule has 0 aliphatic rings. The van der Waals surface area contributed by atoms with Crippen LogP contribution in [0.25, 0.3) is 6.08 Å². The molecule has 0 saturated heterocycles. The van der Waals surface area contributed by atoms with E-state index in [4.69, 9.17) is 4.74 Å². The predicted molar refractivity (Wildman–Crippen MR) is 65.2 cm³/mol. The standard InChI is InChI=1S/C13H19NO/c1-4-12-6-8-13(9-7-12)15-11-5-10-14(2)3/h4,6-9H,1,5,10-11H2,2-3H3. The highest BCUT2D eigenvalue weighted by molar-refractivity contribution is 5.48. The molecular weight excluding hydrogens is 186 g/mol. The van der Waals surface area contributed by atoms with Crippen molar-refractivity contribution in [2.45, 2.75) is 6.42 Å². The third kappa shape index (κ3) is 4.66. The lowest BCUT2D eigenvalue weighted by molar-refractivity contribution is 0.281. The summed E-state index contributed by atoms with van der Waals surface area (Å²) in [6.45, 7) is 5.54. The van der Waals surface area contributed by atoms with E-state index in [1.807, 2.05) is 30.3 Å². The van der Waals surface area contributed by atoms with Crippen molar-refractivity contribution in [2.24, 2.45) is 0 Å². The van der Waals surface area contributed by atoms with Gasteiger partial charge in [-0.3, -0.25) is 0 Å². The topological polar surface area (TPSA) is 12.5 Å². The molecule has 0 atom stereocenters. The maximum Gasteiger partial charge on any atom is 0.119 e. The summed E-state index contributed by atoms with van der Waals surface area (Å²) in [6, 6.07) is 7.97. The summed E-state index contributed by atoms with van der Waals surface area (Å²) in [4.78, 5) is 2.16. The van der Waals surface area contributed by atoms with Gasteiger partial charge in [-0.1, -0.05) is 24.8 Å². The molecule has 0 amide bonds. The molecule has 2 nitrogen and oxygen atoms in total. The minimum absolute atomic E-state index is 0.769. The van der Waals surface area contributed by atoms with Gasteiger partial charge in [0, 0.05) is 6.54 Å². The van der Waals surface area contributed by atoms with Crippen LogP contribution in [-0.4, -0.2) is 32.1 Å². The van der Waals surface area contributed by atoms with Crippen LogP contribution < -0.4 is 4.74 Å². The number of hydrogen-bond acceptors (Lipinski definition) is 2. The zero-order chi connectivity index (χ0) is 11.1. The van der Waals surface area contributed by atoms with Crippen LogP contribution in [0.4, 0.5) is 0 Å². The van der Waals surface area contributed by atoms with Gasteiger partial charge in [0.05, 0.1) is 6.61 Å². The second-order valence-electron chi connectivity index (χ2n) is 3.78. The Kier molecular flexibility index (Phi) is 4.91.